The summed E-state index contributed by atoms with van der Waals surface area (Å²) in [4.78, 5) is 21.2. The van der Waals surface area contributed by atoms with Crippen molar-refractivity contribution in [1.82, 2.24) is 0 Å². The standard InChI is InChI=1S/C9H15NO4/c1-5-14-8(11)7(2)6-9(3,4)10(12)13/h2,5-6H2,1,3-4H3. The van der Waals surface area contributed by atoms with E-state index in [1.165, 1.54) is 13.8 Å². The molecule has 0 N–H and O–H groups in total. The van der Waals surface area contributed by atoms with Gasteiger partial charge in [0.15, 0.2) is 0 Å². The smallest absolute Gasteiger partial charge is 0.333 e. The Morgan fingerprint density at radius 2 is 2.07 bits per heavy atom. The molecular weight excluding hydrogens is 186 g/mol. The van der Waals surface area contributed by atoms with Gasteiger partial charge in [-0.1, -0.05) is 6.58 Å². The Morgan fingerprint density at radius 1 is 1.57 bits per heavy atom. The van der Waals surface area contributed by atoms with Gasteiger partial charge < -0.3 is 4.74 Å². The Labute approximate surface area is 82.9 Å². The number of nitrogens with zero attached hydrogens (tertiary/aromatic N) is 1. The quantitative estimate of drug-likeness (QED) is 0.293. The van der Waals surface area contributed by atoms with Crippen LogP contribution in [0.3, 0.4) is 0 Å². The lowest BCUT2D eigenvalue weighted by Crippen LogP contribution is -2.32. The third kappa shape index (κ3) is 3.55. The Hall–Kier alpha value is -1.39. The second-order valence-electron chi connectivity index (χ2n) is 3.57. The predicted octanol–water partition coefficient (Wildman–Crippen LogP) is 1.55. The number of rotatable bonds is 5. The molecule has 0 aromatic rings. The number of esters is 1. The number of carbonyl (C=O) groups is 1. The molecule has 0 bridgehead atoms. The van der Waals surface area contributed by atoms with Crippen molar-refractivity contribution in [2.24, 2.45) is 0 Å². The fourth-order valence-electron chi connectivity index (χ4n) is 0.892. The molecule has 5 nitrogen and oxygen atoms in total. The zero-order chi connectivity index (χ0) is 11.4. The fraction of sp³-hybridized carbons (Fsp3) is 0.667. The third-order valence-corrected chi connectivity index (χ3v) is 1.70. The van der Waals surface area contributed by atoms with Gasteiger partial charge in [-0.3, -0.25) is 10.1 Å². The Kier molecular flexibility index (Phi) is 4.27. The van der Waals surface area contributed by atoms with Gasteiger partial charge >= 0.3 is 5.97 Å². The highest BCUT2D eigenvalue weighted by Crippen LogP contribution is 2.18. The normalized spacial score (nSPS) is 10.8. The largest absolute Gasteiger partial charge is 0.463 e. The first-order chi connectivity index (χ1) is 6.31. The van der Waals surface area contributed by atoms with Gasteiger partial charge in [-0.05, 0) is 6.92 Å². The zero-order valence-electron chi connectivity index (χ0n) is 8.70. The van der Waals surface area contributed by atoms with Crippen LogP contribution in [0.4, 0.5) is 0 Å². The van der Waals surface area contributed by atoms with Crippen LogP contribution in [0.5, 0.6) is 0 Å². The number of carbonyl (C=O) groups excluding carboxylic acids is 1. The van der Waals surface area contributed by atoms with Crippen molar-refractivity contribution in [2.75, 3.05) is 6.61 Å². The number of hydrogen-bond donors (Lipinski definition) is 0. The molecule has 0 aromatic heterocycles. The summed E-state index contributed by atoms with van der Waals surface area (Å²) in [6.07, 6.45) is -0.00116. The van der Waals surface area contributed by atoms with Gasteiger partial charge in [0.25, 0.3) is 0 Å². The first kappa shape index (κ1) is 12.6. The first-order valence-electron chi connectivity index (χ1n) is 4.30. The molecule has 0 amide bonds. The molecule has 0 spiro atoms. The number of ether oxygens (including phenoxy) is 1. The van der Waals surface area contributed by atoms with E-state index in [4.69, 9.17) is 0 Å². The number of hydrogen-bond acceptors (Lipinski definition) is 4. The highest BCUT2D eigenvalue weighted by Gasteiger charge is 2.33. The summed E-state index contributed by atoms with van der Waals surface area (Å²) in [6, 6.07) is 0. The van der Waals surface area contributed by atoms with Crippen LogP contribution in [0, 0.1) is 10.1 Å². The van der Waals surface area contributed by atoms with E-state index in [0.29, 0.717) is 0 Å². The van der Waals surface area contributed by atoms with Crippen LogP contribution in [-0.4, -0.2) is 23.0 Å². The van der Waals surface area contributed by atoms with E-state index in [9.17, 15) is 14.9 Å². The van der Waals surface area contributed by atoms with Gasteiger partial charge in [0.2, 0.25) is 5.54 Å². The van der Waals surface area contributed by atoms with Gasteiger partial charge in [-0.15, -0.1) is 0 Å². The molecule has 0 atom stereocenters. The zero-order valence-corrected chi connectivity index (χ0v) is 8.70. The van der Waals surface area contributed by atoms with Crippen molar-refractivity contribution in [2.45, 2.75) is 32.7 Å². The van der Waals surface area contributed by atoms with Crippen molar-refractivity contribution < 1.29 is 14.5 Å². The van der Waals surface area contributed by atoms with Crippen LogP contribution in [0.25, 0.3) is 0 Å². The van der Waals surface area contributed by atoms with E-state index < -0.39 is 16.4 Å². The van der Waals surface area contributed by atoms with Crippen molar-refractivity contribution in [3.05, 3.63) is 22.3 Å². The van der Waals surface area contributed by atoms with E-state index in [-0.39, 0.29) is 18.6 Å². The van der Waals surface area contributed by atoms with Gasteiger partial charge in [0.05, 0.1) is 6.61 Å². The molecule has 14 heavy (non-hydrogen) atoms. The maximum Gasteiger partial charge on any atom is 0.333 e. The summed E-state index contributed by atoms with van der Waals surface area (Å²) >= 11 is 0. The first-order valence-corrected chi connectivity index (χ1v) is 4.30. The molecule has 0 radical (unpaired) electrons. The van der Waals surface area contributed by atoms with Crippen LogP contribution < -0.4 is 0 Å². The molecular formula is C9H15NO4. The minimum absolute atomic E-state index is 0.00116. The molecule has 0 saturated heterocycles. The molecule has 0 saturated carbocycles. The lowest BCUT2D eigenvalue weighted by Gasteiger charge is -2.15. The average molecular weight is 201 g/mol. The van der Waals surface area contributed by atoms with Crippen LogP contribution in [0.15, 0.2) is 12.2 Å². The molecule has 0 aliphatic rings. The maximum atomic E-state index is 11.1. The SMILES string of the molecule is C=C(CC(C)(C)[N+](=O)[O-])C(=O)OCC. The molecule has 80 valence electrons. The minimum atomic E-state index is -1.18. The van der Waals surface area contributed by atoms with E-state index >= 15 is 0 Å². The van der Waals surface area contributed by atoms with E-state index in [1.807, 2.05) is 0 Å². The summed E-state index contributed by atoms with van der Waals surface area (Å²) < 4.78 is 4.67. The van der Waals surface area contributed by atoms with Gasteiger partial charge in [0, 0.05) is 30.8 Å². The van der Waals surface area contributed by atoms with Gasteiger partial charge in [-0.25, -0.2) is 4.79 Å². The second-order valence-corrected chi connectivity index (χ2v) is 3.57. The summed E-state index contributed by atoms with van der Waals surface area (Å²) in [7, 11) is 0. The molecule has 0 aliphatic carbocycles. The van der Waals surface area contributed by atoms with Crippen LogP contribution in [-0.2, 0) is 9.53 Å². The highest BCUT2D eigenvalue weighted by atomic mass is 16.6. The highest BCUT2D eigenvalue weighted by molar-refractivity contribution is 5.87. The van der Waals surface area contributed by atoms with E-state index in [2.05, 4.69) is 11.3 Å². The van der Waals surface area contributed by atoms with Crippen LogP contribution >= 0.6 is 0 Å². The third-order valence-electron chi connectivity index (χ3n) is 1.70. The molecule has 0 aromatic carbocycles. The predicted molar refractivity (Wildman–Crippen MR) is 51.5 cm³/mol. The van der Waals surface area contributed by atoms with Gasteiger partial charge in [-0.2, -0.15) is 0 Å². The Morgan fingerprint density at radius 3 is 2.43 bits per heavy atom. The van der Waals surface area contributed by atoms with Gasteiger partial charge in [0.1, 0.15) is 0 Å². The van der Waals surface area contributed by atoms with E-state index in [1.54, 1.807) is 6.92 Å². The topological polar surface area (TPSA) is 69.4 Å². The minimum Gasteiger partial charge on any atom is -0.463 e. The average Bonchev–Trinajstić information content (AvgIpc) is 2.03. The van der Waals surface area contributed by atoms with Crippen molar-refractivity contribution >= 4 is 5.97 Å². The maximum absolute atomic E-state index is 11.1. The van der Waals surface area contributed by atoms with Crippen molar-refractivity contribution in [1.29, 1.82) is 0 Å². The second kappa shape index (κ2) is 4.74. The molecule has 0 aliphatic heterocycles. The van der Waals surface area contributed by atoms with Crippen LogP contribution in [0.2, 0.25) is 0 Å². The van der Waals surface area contributed by atoms with Crippen molar-refractivity contribution in [3.63, 3.8) is 0 Å². The molecule has 0 heterocycles. The number of nitro groups is 1. The summed E-state index contributed by atoms with van der Waals surface area (Å²) in [5, 5.41) is 10.5. The van der Waals surface area contributed by atoms with Crippen molar-refractivity contribution in [3.8, 4) is 0 Å². The Balaban J connectivity index is 4.32. The van der Waals surface area contributed by atoms with Crippen LogP contribution in [0.1, 0.15) is 27.2 Å². The lowest BCUT2D eigenvalue weighted by molar-refractivity contribution is -0.559. The summed E-state index contributed by atoms with van der Waals surface area (Å²) in [5.41, 5.74) is -1.04. The fourth-order valence-corrected chi connectivity index (χ4v) is 0.892. The lowest BCUT2D eigenvalue weighted by atomic mass is 9.97. The molecule has 5 heteroatoms. The molecule has 0 unspecified atom stereocenters. The summed E-state index contributed by atoms with van der Waals surface area (Å²) in [5.74, 6) is -0.567. The summed E-state index contributed by atoms with van der Waals surface area (Å²) in [6.45, 7) is 8.26. The molecule has 0 fully saturated rings. The van der Waals surface area contributed by atoms with E-state index in [0.717, 1.165) is 0 Å². The molecule has 0 rings (SSSR count). The monoisotopic (exact) mass is 201 g/mol. The Bertz CT molecular complexity index is 258.